The van der Waals surface area contributed by atoms with Gasteiger partial charge < -0.3 is 9.67 Å². The van der Waals surface area contributed by atoms with E-state index in [-0.39, 0.29) is 11.5 Å². The van der Waals surface area contributed by atoms with E-state index in [4.69, 9.17) is 10.4 Å². The number of aromatic carboxylic acids is 1. The number of aromatic nitrogens is 1. The zero-order valence-electron chi connectivity index (χ0n) is 11.8. The molecule has 1 aliphatic rings. The van der Waals surface area contributed by atoms with Crippen LogP contribution in [0.25, 0.3) is 0 Å². The normalized spacial score (nSPS) is 16.0. The lowest BCUT2D eigenvalue weighted by Crippen LogP contribution is -2.18. The number of benzene rings is 1. The molecule has 5 heteroatoms. The van der Waals surface area contributed by atoms with Crippen LogP contribution in [0.4, 0.5) is 0 Å². The maximum absolute atomic E-state index is 11.5. The number of nitrogens with zero attached hydrogens (tertiary/aromatic N) is 2. The summed E-state index contributed by atoms with van der Waals surface area (Å²) in [6.07, 6.45) is 4.89. The average Bonchev–Trinajstić information content (AvgIpc) is 2.91. The molecule has 0 spiro atoms. The molecule has 0 amide bonds. The molecule has 1 N–H and O–H groups in total. The number of hydrogen-bond acceptors (Lipinski definition) is 3. The van der Waals surface area contributed by atoms with Crippen LogP contribution in [-0.4, -0.2) is 15.6 Å². The van der Waals surface area contributed by atoms with Gasteiger partial charge in [-0.05, 0) is 36.1 Å². The molecule has 1 aromatic heterocycles. The Morgan fingerprint density at radius 1 is 1.41 bits per heavy atom. The zero-order chi connectivity index (χ0) is 15.7. The third-order valence-corrected chi connectivity index (χ3v) is 4.11. The summed E-state index contributed by atoms with van der Waals surface area (Å²) in [5.74, 6) is -0.934. The van der Waals surface area contributed by atoms with Gasteiger partial charge in [0, 0.05) is 30.9 Å². The van der Waals surface area contributed by atoms with Gasteiger partial charge >= 0.3 is 5.97 Å². The molecule has 110 valence electrons. The van der Waals surface area contributed by atoms with Crippen molar-refractivity contribution in [3.63, 3.8) is 0 Å². The molecule has 3 rings (SSSR count). The lowest BCUT2D eigenvalue weighted by atomic mass is 10.00. The second-order valence-corrected chi connectivity index (χ2v) is 5.49. The fraction of sp³-hybridized carbons (Fsp3) is 0.235. The quantitative estimate of drug-likeness (QED) is 0.940. The summed E-state index contributed by atoms with van der Waals surface area (Å²) in [5, 5.41) is 18.0. The van der Waals surface area contributed by atoms with Gasteiger partial charge in [-0.2, -0.15) is 5.26 Å². The highest BCUT2D eigenvalue weighted by Crippen LogP contribution is 2.34. The predicted octanol–water partition coefficient (Wildman–Crippen LogP) is 2.15. The minimum atomic E-state index is -1.20. The van der Waals surface area contributed by atoms with Crippen molar-refractivity contribution in [1.29, 1.82) is 5.26 Å². The van der Waals surface area contributed by atoms with E-state index in [2.05, 4.69) is 6.07 Å². The molecule has 1 atom stereocenters. The van der Waals surface area contributed by atoms with E-state index < -0.39 is 11.4 Å². The molecule has 1 aliphatic carbocycles. The second kappa shape index (κ2) is 5.49. The number of rotatable bonds is 3. The van der Waals surface area contributed by atoms with Gasteiger partial charge in [0.05, 0.1) is 11.6 Å². The molecule has 0 saturated carbocycles. The highest BCUT2D eigenvalue weighted by atomic mass is 16.4. The second-order valence-electron chi connectivity index (χ2n) is 5.49. The van der Waals surface area contributed by atoms with Crippen LogP contribution < -0.4 is 5.43 Å². The Morgan fingerprint density at radius 2 is 2.23 bits per heavy atom. The molecule has 2 aromatic rings. The first-order valence-electron chi connectivity index (χ1n) is 7.05. The van der Waals surface area contributed by atoms with E-state index in [1.54, 1.807) is 10.8 Å². The van der Waals surface area contributed by atoms with Crippen LogP contribution >= 0.6 is 0 Å². The fourth-order valence-electron chi connectivity index (χ4n) is 3.02. The molecule has 0 fully saturated rings. The molecule has 0 aliphatic heterocycles. The molecule has 5 nitrogen and oxygen atoms in total. The van der Waals surface area contributed by atoms with E-state index >= 15 is 0 Å². The number of aryl methyl sites for hydroxylation is 1. The van der Waals surface area contributed by atoms with Crippen LogP contribution in [0.2, 0.25) is 0 Å². The lowest BCUT2D eigenvalue weighted by molar-refractivity contribution is 0.0694. The first kappa shape index (κ1) is 14.1. The molecule has 0 bridgehead atoms. The minimum Gasteiger partial charge on any atom is -0.477 e. The van der Waals surface area contributed by atoms with Crippen LogP contribution in [0.1, 0.15) is 39.4 Å². The number of fused-ring (bicyclic) bond motifs is 1. The van der Waals surface area contributed by atoms with Crippen LogP contribution in [0.5, 0.6) is 0 Å². The van der Waals surface area contributed by atoms with E-state index in [1.807, 2.05) is 18.2 Å². The summed E-state index contributed by atoms with van der Waals surface area (Å²) < 4.78 is 1.75. The Bertz CT molecular complexity index is 846. The third kappa shape index (κ3) is 2.51. The lowest BCUT2D eigenvalue weighted by Gasteiger charge is -2.14. The molecule has 22 heavy (non-hydrogen) atoms. The SMILES string of the molecule is N#Cc1ccc2c(c1)CCC2Cn1ccc(=O)c(C(=O)O)c1. The standard InChI is InChI=1S/C17H14N2O3/c18-8-11-1-4-14-12(7-11)2-3-13(14)9-19-6-5-16(20)15(10-19)17(21)22/h1,4-7,10,13H,2-3,9H2,(H,21,22). The highest BCUT2D eigenvalue weighted by molar-refractivity contribution is 5.86. The highest BCUT2D eigenvalue weighted by Gasteiger charge is 2.23. The van der Waals surface area contributed by atoms with E-state index in [0.717, 1.165) is 12.8 Å². The molecule has 1 aromatic carbocycles. The third-order valence-electron chi connectivity index (χ3n) is 4.11. The summed E-state index contributed by atoms with van der Waals surface area (Å²) in [6.45, 7) is 0.624. The number of nitriles is 1. The monoisotopic (exact) mass is 294 g/mol. The minimum absolute atomic E-state index is 0.208. The number of pyridine rings is 1. The Balaban J connectivity index is 1.88. The Hall–Kier alpha value is -2.87. The van der Waals surface area contributed by atoms with Crippen molar-refractivity contribution in [3.05, 3.63) is 69.1 Å². The average molecular weight is 294 g/mol. The first-order chi connectivity index (χ1) is 10.6. The predicted molar refractivity (Wildman–Crippen MR) is 79.9 cm³/mol. The number of carboxylic acid groups (broad SMARTS) is 1. The maximum atomic E-state index is 11.5. The molecular formula is C17H14N2O3. The summed E-state index contributed by atoms with van der Waals surface area (Å²) in [6, 6.07) is 9.14. The van der Waals surface area contributed by atoms with E-state index in [0.29, 0.717) is 12.1 Å². The van der Waals surface area contributed by atoms with Crippen LogP contribution in [0, 0.1) is 11.3 Å². The van der Waals surface area contributed by atoms with E-state index in [9.17, 15) is 9.59 Å². The molecule has 1 unspecified atom stereocenters. The Morgan fingerprint density at radius 3 is 2.95 bits per heavy atom. The summed E-state index contributed by atoms with van der Waals surface area (Å²) >= 11 is 0. The van der Waals surface area contributed by atoms with Crippen molar-refractivity contribution in [1.82, 2.24) is 4.57 Å². The van der Waals surface area contributed by atoms with Gasteiger partial charge in [0.1, 0.15) is 5.56 Å². The van der Waals surface area contributed by atoms with Crippen molar-refractivity contribution in [2.75, 3.05) is 0 Å². The Labute approximate surface area is 127 Å². The van der Waals surface area contributed by atoms with Crippen LogP contribution in [0.15, 0.2) is 41.5 Å². The van der Waals surface area contributed by atoms with Crippen molar-refractivity contribution < 1.29 is 9.90 Å². The summed E-state index contributed by atoms with van der Waals surface area (Å²) in [5.41, 5.74) is 2.36. The fourth-order valence-corrected chi connectivity index (χ4v) is 3.02. The van der Waals surface area contributed by atoms with Crippen molar-refractivity contribution in [3.8, 4) is 6.07 Å². The summed E-state index contributed by atoms with van der Waals surface area (Å²) in [4.78, 5) is 22.5. The van der Waals surface area contributed by atoms with Gasteiger partial charge in [0.25, 0.3) is 0 Å². The number of carboxylic acids is 1. The topological polar surface area (TPSA) is 83.1 Å². The van der Waals surface area contributed by atoms with Crippen molar-refractivity contribution >= 4 is 5.97 Å². The molecule has 0 radical (unpaired) electrons. The van der Waals surface area contributed by atoms with Gasteiger partial charge in [0.2, 0.25) is 0 Å². The van der Waals surface area contributed by atoms with E-state index in [1.165, 1.54) is 23.4 Å². The largest absolute Gasteiger partial charge is 0.477 e. The number of hydrogen-bond donors (Lipinski definition) is 1. The molecule has 1 heterocycles. The van der Waals surface area contributed by atoms with Crippen LogP contribution in [0.3, 0.4) is 0 Å². The van der Waals surface area contributed by atoms with Crippen molar-refractivity contribution in [2.45, 2.75) is 25.3 Å². The first-order valence-corrected chi connectivity index (χ1v) is 7.05. The van der Waals surface area contributed by atoms with Gasteiger partial charge in [-0.25, -0.2) is 4.79 Å². The van der Waals surface area contributed by atoms with Crippen molar-refractivity contribution in [2.24, 2.45) is 0 Å². The molecular weight excluding hydrogens is 280 g/mol. The van der Waals surface area contributed by atoms with Gasteiger partial charge in [-0.1, -0.05) is 6.07 Å². The number of carbonyl (C=O) groups is 1. The summed E-state index contributed by atoms with van der Waals surface area (Å²) in [7, 11) is 0. The zero-order valence-corrected chi connectivity index (χ0v) is 11.8. The maximum Gasteiger partial charge on any atom is 0.341 e. The van der Waals surface area contributed by atoms with Gasteiger partial charge in [-0.15, -0.1) is 0 Å². The van der Waals surface area contributed by atoms with Crippen LogP contribution in [-0.2, 0) is 13.0 Å². The molecule has 0 saturated heterocycles. The van der Waals surface area contributed by atoms with Gasteiger partial charge in [-0.3, -0.25) is 4.79 Å². The smallest absolute Gasteiger partial charge is 0.341 e. The Kier molecular flexibility index (Phi) is 3.51. The van der Waals surface area contributed by atoms with Gasteiger partial charge in [0.15, 0.2) is 5.43 Å².